The molecular weight excluding hydrogens is 250 g/mol. The molecule has 0 spiro atoms. The van der Waals surface area contributed by atoms with E-state index in [1.165, 1.54) is 25.4 Å². The van der Waals surface area contributed by atoms with Crippen molar-refractivity contribution in [2.75, 3.05) is 13.7 Å². The number of pyridine rings is 1. The number of hydrogen-bond acceptors (Lipinski definition) is 5. The zero-order chi connectivity index (χ0) is 14.3. The fourth-order valence-corrected chi connectivity index (χ4v) is 1.32. The van der Waals surface area contributed by atoms with Gasteiger partial charge in [0.1, 0.15) is 17.8 Å². The molecule has 0 saturated heterocycles. The monoisotopic (exact) mass is 263 g/mol. The summed E-state index contributed by atoms with van der Waals surface area (Å²) < 4.78 is 4.77. The van der Waals surface area contributed by atoms with E-state index < -0.39 is 17.9 Å². The lowest BCUT2D eigenvalue weighted by molar-refractivity contribution is -0.139. The maximum absolute atomic E-state index is 11.8. The van der Waals surface area contributed by atoms with Crippen LogP contribution in [0.25, 0.3) is 0 Å². The first-order valence-electron chi connectivity index (χ1n) is 5.47. The molecule has 19 heavy (non-hydrogen) atoms. The van der Waals surface area contributed by atoms with Crippen LogP contribution in [0.5, 0.6) is 0 Å². The normalized spacial score (nSPS) is 11.4. The highest BCUT2D eigenvalue weighted by Gasteiger charge is 2.20. The van der Waals surface area contributed by atoms with Crippen LogP contribution in [0.3, 0.4) is 0 Å². The van der Waals surface area contributed by atoms with Gasteiger partial charge in [-0.2, -0.15) is 5.26 Å². The summed E-state index contributed by atoms with van der Waals surface area (Å²) in [6.45, 7) is 0.220. The molecule has 0 radical (unpaired) electrons. The van der Waals surface area contributed by atoms with Crippen LogP contribution >= 0.6 is 0 Å². The number of nitrogens with zero attached hydrogens (tertiary/aromatic N) is 2. The van der Waals surface area contributed by atoms with Gasteiger partial charge in [0.2, 0.25) is 0 Å². The number of amides is 1. The molecule has 0 aromatic carbocycles. The summed E-state index contributed by atoms with van der Waals surface area (Å²) in [6.07, 6.45) is 1.41. The quantitative estimate of drug-likeness (QED) is 0.756. The number of carboxylic acid groups (broad SMARTS) is 1. The lowest BCUT2D eigenvalue weighted by atomic mass is 10.2. The Bertz CT molecular complexity index is 493. The molecule has 1 amide bonds. The molecule has 0 aliphatic heterocycles. The van der Waals surface area contributed by atoms with Crippen molar-refractivity contribution < 1.29 is 19.4 Å². The predicted octanol–water partition coefficient (Wildman–Crippen LogP) is 0.173. The highest BCUT2D eigenvalue weighted by atomic mass is 16.5. The summed E-state index contributed by atoms with van der Waals surface area (Å²) in [5, 5.41) is 19.9. The van der Waals surface area contributed by atoms with Gasteiger partial charge in [-0.1, -0.05) is 0 Å². The summed E-state index contributed by atoms with van der Waals surface area (Å²) in [7, 11) is 1.45. The van der Waals surface area contributed by atoms with Crippen molar-refractivity contribution >= 4 is 11.9 Å². The van der Waals surface area contributed by atoms with Crippen molar-refractivity contribution in [3.05, 3.63) is 29.6 Å². The Hall–Kier alpha value is -2.46. The first kappa shape index (κ1) is 14.6. The number of carbonyl (C=O) groups is 2. The van der Waals surface area contributed by atoms with Crippen LogP contribution in [0.2, 0.25) is 0 Å². The maximum atomic E-state index is 11.8. The second kappa shape index (κ2) is 7.08. The Kier molecular flexibility index (Phi) is 5.44. The molecule has 0 aliphatic carbocycles. The standard InChI is InChI=1S/C12H13N3O4/c1-19-5-4-10(12(17)18)15-11(16)9-3-2-8(6-13)7-14-9/h2-3,7,10H,4-5H2,1H3,(H,15,16)(H,17,18). The summed E-state index contributed by atoms with van der Waals surface area (Å²) in [5.41, 5.74) is 0.383. The van der Waals surface area contributed by atoms with Crippen molar-refractivity contribution in [2.24, 2.45) is 0 Å². The van der Waals surface area contributed by atoms with Crippen molar-refractivity contribution in [1.82, 2.24) is 10.3 Å². The minimum absolute atomic E-state index is 0.0580. The molecular formula is C12H13N3O4. The molecule has 1 heterocycles. The van der Waals surface area contributed by atoms with Crippen LogP contribution in [-0.4, -0.2) is 41.7 Å². The van der Waals surface area contributed by atoms with E-state index in [1.807, 2.05) is 6.07 Å². The van der Waals surface area contributed by atoms with E-state index in [4.69, 9.17) is 15.1 Å². The third-order valence-electron chi connectivity index (χ3n) is 2.34. The van der Waals surface area contributed by atoms with E-state index in [9.17, 15) is 9.59 Å². The molecule has 0 saturated carbocycles. The molecule has 0 fully saturated rings. The van der Waals surface area contributed by atoms with E-state index in [2.05, 4.69) is 10.3 Å². The van der Waals surface area contributed by atoms with Crippen molar-refractivity contribution in [2.45, 2.75) is 12.5 Å². The number of ether oxygens (including phenoxy) is 1. The van der Waals surface area contributed by atoms with Gasteiger partial charge in [-0.15, -0.1) is 0 Å². The molecule has 1 atom stereocenters. The number of nitrogens with one attached hydrogen (secondary N) is 1. The highest BCUT2D eigenvalue weighted by molar-refractivity contribution is 5.94. The second-order valence-electron chi connectivity index (χ2n) is 3.69. The van der Waals surface area contributed by atoms with Crippen LogP contribution in [-0.2, 0) is 9.53 Å². The van der Waals surface area contributed by atoms with E-state index in [-0.39, 0.29) is 18.7 Å². The number of aromatic nitrogens is 1. The average Bonchev–Trinajstić information content (AvgIpc) is 2.43. The number of carbonyl (C=O) groups excluding carboxylic acids is 1. The number of hydrogen-bond donors (Lipinski definition) is 2. The Labute approximate surface area is 109 Å². The molecule has 0 aliphatic rings. The van der Waals surface area contributed by atoms with Crippen molar-refractivity contribution in [3.63, 3.8) is 0 Å². The van der Waals surface area contributed by atoms with E-state index in [0.29, 0.717) is 5.56 Å². The fourth-order valence-electron chi connectivity index (χ4n) is 1.32. The van der Waals surface area contributed by atoms with Gasteiger partial charge in [-0.05, 0) is 12.1 Å². The SMILES string of the molecule is COCCC(NC(=O)c1ccc(C#N)cn1)C(=O)O. The Balaban J connectivity index is 2.70. The van der Waals surface area contributed by atoms with Gasteiger partial charge < -0.3 is 15.2 Å². The topological polar surface area (TPSA) is 112 Å². The molecule has 0 bridgehead atoms. The molecule has 1 aromatic rings. The number of aliphatic carboxylic acids is 1. The first-order chi connectivity index (χ1) is 9.08. The molecule has 1 aromatic heterocycles. The summed E-state index contributed by atoms with van der Waals surface area (Å²) >= 11 is 0. The van der Waals surface area contributed by atoms with E-state index in [0.717, 1.165) is 0 Å². The minimum Gasteiger partial charge on any atom is -0.480 e. The molecule has 1 unspecified atom stereocenters. The van der Waals surface area contributed by atoms with E-state index >= 15 is 0 Å². The Morgan fingerprint density at radius 2 is 2.32 bits per heavy atom. The largest absolute Gasteiger partial charge is 0.480 e. The minimum atomic E-state index is -1.14. The van der Waals surface area contributed by atoms with Crippen molar-refractivity contribution in [1.29, 1.82) is 5.26 Å². The van der Waals surface area contributed by atoms with Gasteiger partial charge in [0, 0.05) is 26.3 Å². The third-order valence-corrected chi connectivity index (χ3v) is 2.34. The Morgan fingerprint density at radius 3 is 2.79 bits per heavy atom. The smallest absolute Gasteiger partial charge is 0.326 e. The van der Waals surface area contributed by atoms with Gasteiger partial charge in [0.05, 0.1) is 5.56 Å². The number of rotatable bonds is 6. The number of nitriles is 1. The molecule has 2 N–H and O–H groups in total. The lowest BCUT2D eigenvalue weighted by Gasteiger charge is -2.13. The van der Waals surface area contributed by atoms with Crippen LogP contribution in [0.1, 0.15) is 22.5 Å². The molecule has 1 rings (SSSR count). The predicted molar refractivity (Wildman–Crippen MR) is 64.3 cm³/mol. The van der Waals surface area contributed by atoms with Gasteiger partial charge in [0.25, 0.3) is 5.91 Å². The van der Waals surface area contributed by atoms with Gasteiger partial charge in [-0.3, -0.25) is 4.79 Å². The summed E-state index contributed by atoms with van der Waals surface area (Å²) in [4.78, 5) is 26.5. The average molecular weight is 263 g/mol. The summed E-state index contributed by atoms with van der Waals surface area (Å²) in [6, 6.07) is 3.64. The first-order valence-corrected chi connectivity index (χ1v) is 5.47. The third kappa shape index (κ3) is 4.37. The van der Waals surface area contributed by atoms with E-state index in [1.54, 1.807) is 0 Å². The van der Waals surface area contributed by atoms with Gasteiger partial charge >= 0.3 is 5.97 Å². The van der Waals surface area contributed by atoms with Crippen LogP contribution < -0.4 is 5.32 Å². The van der Waals surface area contributed by atoms with Crippen molar-refractivity contribution in [3.8, 4) is 6.07 Å². The maximum Gasteiger partial charge on any atom is 0.326 e. The lowest BCUT2D eigenvalue weighted by Crippen LogP contribution is -2.41. The molecule has 7 heteroatoms. The Morgan fingerprint density at radius 1 is 1.58 bits per heavy atom. The van der Waals surface area contributed by atoms with Gasteiger partial charge in [0.15, 0.2) is 0 Å². The number of carboxylic acids is 1. The van der Waals surface area contributed by atoms with Crippen LogP contribution in [0, 0.1) is 11.3 Å². The number of methoxy groups -OCH3 is 1. The van der Waals surface area contributed by atoms with Gasteiger partial charge in [-0.25, -0.2) is 9.78 Å². The molecule has 100 valence electrons. The molecule has 7 nitrogen and oxygen atoms in total. The zero-order valence-electron chi connectivity index (χ0n) is 10.3. The zero-order valence-corrected chi connectivity index (χ0v) is 10.3. The van der Waals surface area contributed by atoms with Crippen LogP contribution in [0.4, 0.5) is 0 Å². The summed E-state index contributed by atoms with van der Waals surface area (Å²) in [5.74, 6) is -1.74. The van der Waals surface area contributed by atoms with Crippen LogP contribution in [0.15, 0.2) is 18.3 Å². The highest BCUT2D eigenvalue weighted by Crippen LogP contribution is 2.01. The fraction of sp³-hybridized carbons (Fsp3) is 0.333. The second-order valence-corrected chi connectivity index (χ2v) is 3.69.